The second-order valence-corrected chi connectivity index (χ2v) is 5.19. The van der Waals surface area contributed by atoms with E-state index in [2.05, 4.69) is 23.2 Å². The lowest BCUT2D eigenvalue weighted by Crippen LogP contribution is -2.33. The average Bonchev–Trinajstić information content (AvgIpc) is 3.31. The molecular weight excluding hydrogens is 252 g/mol. The molecule has 0 aromatic heterocycles. The molecule has 1 aromatic carbocycles. The van der Waals surface area contributed by atoms with Crippen molar-refractivity contribution in [3.63, 3.8) is 0 Å². The van der Waals surface area contributed by atoms with Crippen molar-refractivity contribution in [3.8, 4) is 11.5 Å². The minimum atomic E-state index is 0.792. The van der Waals surface area contributed by atoms with Gasteiger partial charge in [0.15, 0.2) is 11.5 Å². The fraction of sp³-hybridized carbons (Fsp3) is 0.625. The van der Waals surface area contributed by atoms with Crippen molar-refractivity contribution in [3.05, 3.63) is 23.8 Å². The smallest absolute Gasteiger partial charge is 0.165 e. The van der Waals surface area contributed by atoms with Gasteiger partial charge in [-0.25, -0.2) is 0 Å². The maximum absolute atomic E-state index is 5.44. The van der Waals surface area contributed by atoms with Gasteiger partial charge in [0, 0.05) is 31.2 Å². The van der Waals surface area contributed by atoms with Crippen molar-refractivity contribution in [1.82, 2.24) is 10.2 Å². The predicted octanol–water partition coefficient (Wildman–Crippen LogP) is 2.28. The Labute approximate surface area is 122 Å². The van der Waals surface area contributed by atoms with Crippen LogP contribution in [-0.2, 0) is 6.54 Å². The van der Waals surface area contributed by atoms with Crippen LogP contribution in [0.1, 0.15) is 25.3 Å². The van der Waals surface area contributed by atoms with E-state index in [0.717, 1.165) is 49.3 Å². The SMILES string of the molecule is CCN(CCNCc1cccc(OC)c1OC)C1CC1. The third kappa shape index (κ3) is 3.87. The van der Waals surface area contributed by atoms with E-state index in [0.29, 0.717) is 0 Å². The molecule has 1 N–H and O–H groups in total. The Morgan fingerprint density at radius 2 is 2.05 bits per heavy atom. The number of nitrogens with one attached hydrogen (secondary N) is 1. The van der Waals surface area contributed by atoms with Crippen LogP contribution in [0.3, 0.4) is 0 Å². The van der Waals surface area contributed by atoms with Gasteiger partial charge in [0.2, 0.25) is 0 Å². The summed E-state index contributed by atoms with van der Waals surface area (Å²) < 4.78 is 10.8. The van der Waals surface area contributed by atoms with Crippen LogP contribution in [0.5, 0.6) is 11.5 Å². The number of para-hydroxylation sites is 1. The molecule has 0 radical (unpaired) electrons. The van der Waals surface area contributed by atoms with E-state index in [-0.39, 0.29) is 0 Å². The molecule has 1 aliphatic rings. The molecule has 2 rings (SSSR count). The van der Waals surface area contributed by atoms with Crippen LogP contribution >= 0.6 is 0 Å². The van der Waals surface area contributed by atoms with Crippen LogP contribution < -0.4 is 14.8 Å². The lowest BCUT2D eigenvalue weighted by molar-refractivity contribution is 0.276. The van der Waals surface area contributed by atoms with Crippen molar-refractivity contribution < 1.29 is 9.47 Å². The summed E-state index contributed by atoms with van der Waals surface area (Å²) in [5, 5.41) is 3.50. The number of hydrogen-bond donors (Lipinski definition) is 1. The van der Waals surface area contributed by atoms with Crippen molar-refractivity contribution in [2.75, 3.05) is 33.9 Å². The zero-order chi connectivity index (χ0) is 14.4. The third-order valence-corrected chi connectivity index (χ3v) is 3.85. The lowest BCUT2D eigenvalue weighted by atomic mass is 10.2. The second-order valence-electron chi connectivity index (χ2n) is 5.19. The maximum Gasteiger partial charge on any atom is 0.165 e. The zero-order valence-electron chi connectivity index (χ0n) is 12.8. The first-order valence-electron chi connectivity index (χ1n) is 7.44. The summed E-state index contributed by atoms with van der Waals surface area (Å²) in [6, 6.07) is 6.84. The van der Waals surface area contributed by atoms with E-state index in [9.17, 15) is 0 Å². The maximum atomic E-state index is 5.44. The standard InChI is InChI=1S/C16H26N2O2/c1-4-18(14-8-9-14)11-10-17-12-13-6-5-7-15(19-2)16(13)20-3/h5-7,14,17H,4,8-12H2,1-3H3. The fourth-order valence-corrected chi connectivity index (χ4v) is 2.58. The molecule has 1 aliphatic carbocycles. The van der Waals surface area contributed by atoms with Crippen LogP contribution in [0.25, 0.3) is 0 Å². The molecule has 0 heterocycles. The number of benzene rings is 1. The van der Waals surface area contributed by atoms with Gasteiger partial charge < -0.3 is 14.8 Å². The van der Waals surface area contributed by atoms with Crippen molar-refractivity contribution >= 4 is 0 Å². The third-order valence-electron chi connectivity index (χ3n) is 3.85. The largest absolute Gasteiger partial charge is 0.493 e. The Morgan fingerprint density at radius 3 is 2.65 bits per heavy atom. The van der Waals surface area contributed by atoms with Gasteiger partial charge in [0.05, 0.1) is 14.2 Å². The second kappa shape index (κ2) is 7.50. The highest BCUT2D eigenvalue weighted by molar-refractivity contribution is 5.46. The molecule has 1 fully saturated rings. The number of ether oxygens (including phenoxy) is 2. The van der Waals surface area contributed by atoms with Gasteiger partial charge in [-0.3, -0.25) is 4.90 Å². The Morgan fingerprint density at radius 1 is 1.25 bits per heavy atom. The van der Waals surface area contributed by atoms with E-state index < -0.39 is 0 Å². The van der Waals surface area contributed by atoms with E-state index >= 15 is 0 Å². The van der Waals surface area contributed by atoms with Crippen molar-refractivity contribution in [1.29, 1.82) is 0 Å². The van der Waals surface area contributed by atoms with Crippen LogP contribution in [0.15, 0.2) is 18.2 Å². The normalized spacial score (nSPS) is 14.6. The summed E-state index contributed by atoms with van der Waals surface area (Å²) in [5.74, 6) is 1.62. The van der Waals surface area contributed by atoms with Gasteiger partial charge >= 0.3 is 0 Å². The molecule has 0 amide bonds. The van der Waals surface area contributed by atoms with Crippen LogP contribution in [0.4, 0.5) is 0 Å². The van der Waals surface area contributed by atoms with E-state index in [1.54, 1.807) is 14.2 Å². The van der Waals surface area contributed by atoms with Crippen LogP contribution in [0, 0.1) is 0 Å². The van der Waals surface area contributed by atoms with Gasteiger partial charge in [0.1, 0.15) is 0 Å². The van der Waals surface area contributed by atoms with Crippen molar-refractivity contribution in [2.24, 2.45) is 0 Å². The minimum absolute atomic E-state index is 0.792. The molecule has 0 unspecified atom stereocenters. The summed E-state index contributed by atoms with van der Waals surface area (Å²) in [7, 11) is 3.36. The molecule has 0 saturated heterocycles. The first-order chi connectivity index (χ1) is 9.80. The zero-order valence-corrected chi connectivity index (χ0v) is 12.8. The number of hydrogen-bond acceptors (Lipinski definition) is 4. The fourth-order valence-electron chi connectivity index (χ4n) is 2.58. The highest BCUT2D eigenvalue weighted by Crippen LogP contribution is 2.30. The predicted molar refractivity (Wildman–Crippen MR) is 81.5 cm³/mol. The summed E-state index contributed by atoms with van der Waals surface area (Å²) in [6.45, 7) is 6.32. The first-order valence-corrected chi connectivity index (χ1v) is 7.44. The topological polar surface area (TPSA) is 33.7 Å². The summed E-state index contributed by atoms with van der Waals surface area (Å²) in [4.78, 5) is 2.55. The number of rotatable bonds is 9. The molecule has 0 spiro atoms. The van der Waals surface area contributed by atoms with Gasteiger partial charge in [-0.05, 0) is 25.5 Å². The molecular formula is C16H26N2O2. The average molecular weight is 278 g/mol. The Kier molecular flexibility index (Phi) is 5.68. The van der Waals surface area contributed by atoms with Crippen LogP contribution in [0.2, 0.25) is 0 Å². The van der Waals surface area contributed by atoms with Crippen molar-refractivity contribution in [2.45, 2.75) is 32.4 Å². The highest BCUT2D eigenvalue weighted by Gasteiger charge is 2.26. The number of methoxy groups -OCH3 is 2. The Bertz CT molecular complexity index is 419. The van der Waals surface area contributed by atoms with E-state index in [1.807, 2.05) is 12.1 Å². The Balaban J connectivity index is 1.81. The molecule has 0 atom stereocenters. The monoisotopic (exact) mass is 278 g/mol. The molecule has 4 heteroatoms. The van der Waals surface area contributed by atoms with Gasteiger partial charge in [-0.1, -0.05) is 19.1 Å². The minimum Gasteiger partial charge on any atom is -0.493 e. The summed E-state index contributed by atoms with van der Waals surface area (Å²) in [5.41, 5.74) is 1.14. The Hall–Kier alpha value is -1.26. The quantitative estimate of drug-likeness (QED) is 0.703. The first kappa shape index (κ1) is 15.1. The molecule has 0 bridgehead atoms. The highest BCUT2D eigenvalue weighted by atomic mass is 16.5. The van der Waals surface area contributed by atoms with Gasteiger partial charge in [-0.2, -0.15) is 0 Å². The molecule has 1 saturated carbocycles. The molecule has 20 heavy (non-hydrogen) atoms. The summed E-state index contributed by atoms with van der Waals surface area (Å²) in [6.07, 6.45) is 2.75. The molecule has 1 aromatic rings. The van der Waals surface area contributed by atoms with Gasteiger partial charge in [-0.15, -0.1) is 0 Å². The van der Waals surface area contributed by atoms with E-state index in [1.165, 1.54) is 12.8 Å². The van der Waals surface area contributed by atoms with E-state index in [4.69, 9.17) is 9.47 Å². The number of likely N-dealkylation sites (N-methyl/N-ethyl adjacent to an activating group) is 1. The summed E-state index contributed by atoms with van der Waals surface area (Å²) >= 11 is 0. The molecule has 4 nitrogen and oxygen atoms in total. The van der Waals surface area contributed by atoms with Gasteiger partial charge in [0.25, 0.3) is 0 Å². The molecule has 112 valence electrons. The van der Waals surface area contributed by atoms with Crippen LogP contribution in [-0.4, -0.2) is 44.8 Å². The lowest BCUT2D eigenvalue weighted by Gasteiger charge is -2.20. The number of nitrogens with zero attached hydrogens (tertiary/aromatic N) is 1. The molecule has 0 aliphatic heterocycles.